The molecule has 7 nitrogen and oxygen atoms in total. The Morgan fingerprint density at radius 2 is 2.18 bits per heavy atom. The summed E-state index contributed by atoms with van der Waals surface area (Å²) in [5.41, 5.74) is -0.459. The van der Waals surface area contributed by atoms with Gasteiger partial charge in [0.1, 0.15) is 11.3 Å². The first-order chi connectivity index (χ1) is 10.5. The molecule has 2 aromatic rings. The first kappa shape index (κ1) is 15.7. The summed E-state index contributed by atoms with van der Waals surface area (Å²) >= 11 is 6.05. The predicted molar refractivity (Wildman–Crippen MR) is 77.2 cm³/mol. The van der Waals surface area contributed by atoms with Gasteiger partial charge >= 0.3 is 5.97 Å². The predicted octanol–water partition coefficient (Wildman–Crippen LogP) is 3.50. The Morgan fingerprint density at radius 1 is 1.45 bits per heavy atom. The van der Waals surface area contributed by atoms with Crippen LogP contribution >= 0.6 is 11.6 Å². The lowest BCUT2D eigenvalue weighted by Crippen LogP contribution is -2.06. The molecule has 0 bridgehead atoms. The van der Waals surface area contributed by atoms with Gasteiger partial charge in [0.2, 0.25) is 0 Å². The normalized spacial score (nSPS) is 10.3. The van der Waals surface area contributed by atoms with Crippen LogP contribution in [0.4, 0.5) is 5.69 Å². The fourth-order valence-electron chi connectivity index (χ4n) is 1.86. The highest BCUT2D eigenvalue weighted by Gasteiger charge is 2.25. The molecule has 1 aromatic heterocycles. The van der Waals surface area contributed by atoms with Crippen LogP contribution in [0.2, 0.25) is 5.02 Å². The number of nitro benzene ring substituents is 1. The molecule has 2 rings (SSSR count). The van der Waals surface area contributed by atoms with Crippen LogP contribution in [0.15, 0.2) is 28.7 Å². The van der Waals surface area contributed by atoms with Gasteiger partial charge in [0, 0.05) is 6.07 Å². The van der Waals surface area contributed by atoms with Crippen molar-refractivity contribution in [2.75, 3.05) is 6.61 Å². The van der Waals surface area contributed by atoms with Gasteiger partial charge in [-0.05, 0) is 25.1 Å². The Morgan fingerprint density at radius 3 is 2.73 bits per heavy atom. The molecule has 1 aromatic carbocycles. The number of furan rings is 1. The number of nitrogens with zero attached hydrogens (tertiary/aromatic N) is 1. The van der Waals surface area contributed by atoms with Crippen molar-refractivity contribution in [1.82, 2.24) is 0 Å². The zero-order chi connectivity index (χ0) is 16.3. The second-order valence-electron chi connectivity index (χ2n) is 4.15. The lowest BCUT2D eigenvalue weighted by molar-refractivity contribution is -0.384. The zero-order valence-corrected chi connectivity index (χ0v) is 12.1. The first-order valence-corrected chi connectivity index (χ1v) is 6.56. The first-order valence-electron chi connectivity index (χ1n) is 6.18. The summed E-state index contributed by atoms with van der Waals surface area (Å²) < 4.78 is 9.96. The third kappa shape index (κ3) is 2.99. The number of hydrogen-bond acceptors (Lipinski definition) is 6. The molecule has 0 aliphatic carbocycles. The van der Waals surface area contributed by atoms with Gasteiger partial charge in [-0.15, -0.1) is 0 Å². The van der Waals surface area contributed by atoms with Crippen LogP contribution in [0, 0.1) is 10.1 Å². The van der Waals surface area contributed by atoms with Crippen molar-refractivity contribution in [3.8, 4) is 11.3 Å². The summed E-state index contributed by atoms with van der Waals surface area (Å²) in [6.07, 6.45) is 0.468. The maximum Gasteiger partial charge on any atom is 0.338 e. The molecule has 0 amide bonds. The summed E-state index contributed by atoms with van der Waals surface area (Å²) in [7, 11) is 0. The Bertz CT molecular complexity index is 752. The lowest BCUT2D eigenvalue weighted by Gasteiger charge is -2.06. The Balaban J connectivity index is 2.61. The van der Waals surface area contributed by atoms with Crippen LogP contribution < -0.4 is 0 Å². The minimum Gasteiger partial charge on any atom is -0.462 e. The third-order valence-electron chi connectivity index (χ3n) is 2.77. The number of carbonyl (C=O) groups is 2. The summed E-state index contributed by atoms with van der Waals surface area (Å²) in [4.78, 5) is 32.9. The topological polar surface area (TPSA) is 99.7 Å². The van der Waals surface area contributed by atoms with Crippen LogP contribution in [0.1, 0.15) is 27.8 Å². The Kier molecular flexibility index (Phi) is 4.57. The minimum absolute atomic E-state index is 0.00665. The molecule has 0 N–H and O–H groups in total. The number of ether oxygens (including phenoxy) is 1. The number of nitro groups is 1. The van der Waals surface area contributed by atoms with Crippen molar-refractivity contribution < 1.29 is 23.7 Å². The molecule has 0 fully saturated rings. The molecule has 0 unspecified atom stereocenters. The minimum atomic E-state index is -0.716. The molecule has 114 valence electrons. The van der Waals surface area contributed by atoms with Gasteiger partial charge in [-0.1, -0.05) is 11.6 Å². The van der Waals surface area contributed by atoms with Crippen molar-refractivity contribution in [2.24, 2.45) is 0 Å². The third-order valence-corrected chi connectivity index (χ3v) is 3.06. The van der Waals surface area contributed by atoms with Crippen LogP contribution in [0.25, 0.3) is 11.3 Å². The van der Waals surface area contributed by atoms with E-state index in [2.05, 4.69) is 0 Å². The number of halogens is 1. The maximum atomic E-state index is 11.7. The highest BCUT2D eigenvalue weighted by Crippen LogP contribution is 2.38. The summed E-state index contributed by atoms with van der Waals surface area (Å²) in [5.74, 6) is -0.642. The van der Waals surface area contributed by atoms with E-state index in [1.807, 2.05) is 0 Å². The SMILES string of the molecule is CCOC(=O)c1cc(Cl)c(-c2ccc(C=O)o2)c([N+](=O)[O-])c1. The Labute approximate surface area is 129 Å². The van der Waals surface area contributed by atoms with Gasteiger partial charge in [-0.3, -0.25) is 14.9 Å². The van der Waals surface area contributed by atoms with E-state index in [4.69, 9.17) is 20.8 Å². The number of aldehydes is 1. The van der Waals surface area contributed by atoms with Gasteiger partial charge in [0.25, 0.3) is 5.69 Å². The second-order valence-corrected chi connectivity index (χ2v) is 4.56. The molecule has 1 heterocycles. The van der Waals surface area contributed by atoms with E-state index in [1.165, 1.54) is 18.2 Å². The van der Waals surface area contributed by atoms with Gasteiger partial charge < -0.3 is 9.15 Å². The summed E-state index contributed by atoms with van der Waals surface area (Å²) in [6, 6.07) is 5.07. The molecule has 0 aliphatic rings. The van der Waals surface area contributed by atoms with Crippen molar-refractivity contribution in [1.29, 1.82) is 0 Å². The number of benzene rings is 1. The molecule has 0 saturated carbocycles. The average Bonchev–Trinajstić information content (AvgIpc) is 2.95. The number of esters is 1. The van der Waals surface area contributed by atoms with E-state index in [-0.39, 0.29) is 34.3 Å². The molecule has 22 heavy (non-hydrogen) atoms. The summed E-state index contributed by atoms with van der Waals surface area (Å²) in [6.45, 7) is 1.75. The fourth-order valence-corrected chi connectivity index (χ4v) is 2.17. The van der Waals surface area contributed by atoms with E-state index in [0.717, 1.165) is 6.07 Å². The monoisotopic (exact) mass is 323 g/mol. The number of hydrogen-bond donors (Lipinski definition) is 0. The highest BCUT2D eigenvalue weighted by molar-refractivity contribution is 6.34. The molecule has 8 heteroatoms. The number of rotatable bonds is 5. The van der Waals surface area contributed by atoms with Crippen LogP contribution in [-0.4, -0.2) is 23.8 Å². The van der Waals surface area contributed by atoms with Crippen molar-refractivity contribution in [3.05, 3.63) is 50.7 Å². The smallest absolute Gasteiger partial charge is 0.338 e. The molecule has 0 radical (unpaired) electrons. The van der Waals surface area contributed by atoms with Crippen LogP contribution in [-0.2, 0) is 4.74 Å². The largest absolute Gasteiger partial charge is 0.462 e. The van der Waals surface area contributed by atoms with Gasteiger partial charge in [0.05, 0.1) is 22.1 Å². The molecule has 0 saturated heterocycles. The quantitative estimate of drug-likeness (QED) is 0.361. The average molecular weight is 324 g/mol. The van der Waals surface area contributed by atoms with Crippen molar-refractivity contribution >= 4 is 29.5 Å². The van der Waals surface area contributed by atoms with E-state index in [0.29, 0.717) is 6.29 Å². The standard InChI is InChI=1S/C14H10ClNO6/c1-2-21-14(18)8-5-10(15)13(11(6-8)16(19)20)12-4-3-9(7-17)22-12/h3-7H,2H2,1H3. The summed E-state index contributed by atoms with van der Waals surface area (Å²) in [5, 5.41) is 11.2. The van der Waals surface area contributed by atoms with Gasteiger partial charge in [-0.25, -0.2) is 4.79 Å². The van der Waals surface area contributed by atoms with Gasteiger partial charge in [0.15, 0.2) is 12.0 Å². The number of carbonyl (C=O) groups excluding carboxylic acids is 2. The van der Waals surface area contributed by atoms with Crippen LogP contribution in [0.3, 0.4) is 0 Å². The maximum absolute atomic E-state index is 11.7. The van der Waals surface area contributed by atoms with Crippen molar-refractivity contribution in [2.45, 2.75) is 6.92 Å². The van der Waals surface area contributed by atoms with E-state index in [9.17, 15) is 19.7 Å². The highest BCUT2D eigenvalue weighted by atomic mass is 35.5. The molecular weight excluding hydrogens is 314 g/mol. The van der Waals surface area contributed by atoms with E-state index >= 15 is 0 Å². The van der Waals surface area contributed by atoms with E-state index in [1.54, 1.807) is 6.92 Å². The Hall–Kier alpha value is -2.67. The zero-order valence-electron chi connectivity index (χ0n) is 11.4. The second kappa shape index (κ2) is 6.40. The lowest BCUT2D eigenvalue weighted by atomic mass is 10.1. The molecular formula is C14H10ClNO6. The van der Waals surface area contributed by atoms with Gasteiger partial charge in [-0.2, -0.15) is 0 Å². The molecule has 0 aliphatic heterocycles. The van der Waals surface area contributed by atoms with E-state index < -0.39 is 16.6 Å². The fraction of sp³-hybridized carbons (Fsp3) is 0.143. The van der Waals surface area contributed by atoms with Crippen LogP contribution in [0.5, 0.6) is 0 Å². The van der Waals surface area contributed by atoms with Crippen molar-refractivity contribution in [3.63, 3.8) is 0 Å². The molecule has 0 spiro atoms. The molecule has 0 atom stereocenters.